The fourth-order valence-electron chi connectivity index (χ4n) is 4.27. The van der Waals surface area contributed by atoms with Crippen LogP contribution in [0.5, 0.6) is 0 Å². The summed E-state index contributed by atoms with van der Waals surface area (Å²) in [6.07, 6.45) is 3.69. The van der Waals surface area contributed by atoms with Crippen LogP contribution in [0.2, 0.25) is 5.02 Å². The van der Waals surface area contributed by atoms with Crippen LogP contribution in [0.3, 0.4) is 0 Å². The summed E-state index contributed by atoms with van der Waals surface area (Å²) in [4.78, 5) is 25.5. The molecule has 0 bridgehead atoms. The van der Waals surface area contributed by atoms with Crippen LogP contribution in [0, 0.1) is 5.92 Å². The smallest absolute Gasteiger partial charge is 0.209 e. The maximum atomic E-state index is 13.0. The largest absolute Gasteiger partial charge is 0.395 e. The van der Waals surface area contributed by atoms with Gasteiger partial charge >= 0.3 is 0 Å². The van der Waals surface area contributed by atoms with Crippen LogP contribution in [0.25, 0.3) is 0 Å². The number of rotatable bonds is 2. The lowest BCUT2D eigenvalue weighted by Crippen LogP contribution is -2.31. The normalized spacial score (nSPS) is 23.1. The molecular weight excluding hydrogens is 346 g/mol. The molecule has 2 N–H and O–H groups in total. The van der Waals surface area contributed by atoms with E-state index in [1.54, 1.807) is 24.3 Å². The lowest BCUT2D eigenvalue weighted by Gasteiger charge is -2.32. The number of ketones is 2. The molecule has 1 saturated carbocycles. The molecule has 0 aromatic heterocycles. The summed E-state index contributed by atoms with van der Waals surface area (Å²) in [6, 6.07) is 14.9. The van der Waals surface area contributed by atoms with Crippen LogP contribution in [-0.4, -0.2) is 11.6 Å². The van der Waals surface area contributed by atoms with E-state index < -0.39 is 0 Å². The monoisotopic (exact) mass is 365 g/mol. The molecule has 2 aliphatic carbocycles. The third-order valence-corrected chi connectivity index (χ3v) is 5.92. The number of halogens is 1. The van der Waals surface area contributed by atoms with E-state index in [1.165, 1.54) is 5.56 Å². The predicted molar refractivity (Wildman–Crippen MR) is 102 cm³/mol. The van der Waals surface area contributed by atoms with Crippen LogP contribution in [0.15, 0.2) is 59.8 Å². The van der Waals surface area contributed by atoms with Crippen LogP contribution in [0.1, 0.15) is 57.9 Å². The molecule has 0 spiro atoms. The zero-order valence-corrected chi connectivity index (χ0v) is 15.1. The van der Waals surface area contributed by atoms with E-state index in [1.807, 2.05) is 12.1 Å². The van der Waals surface area contributed by atoms with Crippen LogP contribution >= 0.6 is 11.6 Å². The first-order chi connectivity index (χ1) is 12.6. The van der Waals surface area contributed by atoms with E-state index in [-0.39, 0.29) is 23.2 Å². The lowest BCUT2D eigenvalue weighted by molar-refractivity contribution is 0.0959. The van der Waals surface area contributed by atoms with Crippen molar-refractivity contribution in [1.29, 1.82) is 0 Å². The van der Waals surface area contributed by atoms with E-state index in [2.05, 4.69) is 12.1 Å². The van der Waals surface area contributed by atoms with Crippen molar-refractivity contribution in [2.75, 3.05) is 0 Å². The molecule has 1 fully saturated rings. The quantitative estimate of drug-likeness (QED) is 0.822. The van der Waals surface area contributed by atoms with E-state index >= 15 is 0 Å². The lowest BCUT2D eigenvalue weighted by atomic mass is 9.72. The van der Waals surface area contributed by atoms with Gasteiger partial charge in [0.05, 0.1) is 5.70 Å². The molecule has 0 radical (unpaired) electrons. The molecule has 0 atom stereocenters. The van der Waals surface area contributed by atoms with Crippen LogP contribution < -0.4 is 5.73 Å². The molecule has 0 saturated heterocycles. The standard InChI is InChI=1S/C22H20ClNO2/c23-16-11-9-14(10-12-16)13-5-7-15(8-6-13)19-20(24)22(26)18-4-2-1-3-17(18)21(19)25/h1-4,9-13,15H,5-8,24H2. The first-order valence-corrected chi connectivity index (χ1v) is 9.37. The van der Waals surface area contributed by atoms with Gasteiger partial charge in [-0.3, -0.25) is 9.59 Å². The Labute approximate surface area is 157 Å². The highest BCUT2D eigenvalue weighted by Crippen LogP contribution is 2.41. The number of Topliss-reactive ketones (excluding diaryl/α,β-unsaturated/α-hetero) is 2. The number of hydrogen-bond acceptors (Lipinski definition) is 3. The van der Waals surface area contributed by atoms with Crippen molar-refractivity contribution in [1.82, 2.24) is 0 Å². The Morgan fingerprint density at radius 1 is 0.769 bits per heavy atom. The minimum Gasteiger partial charge on any atom is -0.395 e. The Hall–Kier alpha value is -2.39. The van der Waals surface area contributed by atoms with E-state index in [9.17, 15) is 9.59 Å². The highest BCUT2D eigenvalue weighted by atomic mass is 35.5. The van der Waals surface area contributed by atoms with Gasteiger partial charge in [0, 0.05) is 21.7 Å². The molecule has 2 aromatic rings. The Morgan fingerprint density at radius 2 is 1.31 bits per heavy atom. The Morgan fingerprint density at radius 3 is 1.92 bits per heavy atom. The predicted octanol–water partition coefficient (Wildman–Crippen LogP) is 4.91. The SMILES string of the molecule is NC1=C(C2CCC(c3ccc(Cl)cc3)CC2)C(=O)c2ccccc2C1=O. The summed E-state index contributed by atoms with van der Waals surface area (Å²) in [7, 11) is 0. The van der Waals surface area contributed by atoms with Gasteiger partial charge in [0.25, 0.3) is 0 Å². The van der Waals surface area contributed by atoms with Crippen molar-refractivity contribution in [2.45, 2.75) is 31.6 Å². The summed E-state index contributed by atoms with van der Waals surface area (Å²) >= 11 is 5.97. The molecule has 0 unspecified atom stereocenters. The fourth-order valence-corrected chi connectivity index (χ4v) is 4.40. The average molecular weight is 366 g/mol. The highest BCUT2D eigenvalue weighted by molar-refractivity contribution is 6.30. The third kappa shape index (κ3) is 2.86. The molecule has 0 aliphatic heterocycles. The topological polar surface area (TPSA) is 60.2 Å². The maximum absolute atomic E-state index is 13.0. The molecule has 2 aliphatic rings. The van der Waals surface area contributed by atoms with Crippen molar-refractivity contribution < 1.29 is 9.59 Å². The number of carbonyl (C=O) groups is 2. The van der Waals surface area contributed by atoms with Gasteiger partial charge in [0.2, 0.25) is 5.78 Å². The number of benzene rings is 2. The van der Waals surface area contributed by atoms with E-state index in [4.69, 9.17) is 17.3 Å². The minimum atomic E-state index is -0.213. The number of hydrogen-bond donors (Lipinski definition) is 1. The van der Waals surface area contributed by atoms with Crippen molar-refractivity contribution in [3.63, 3.8) is 0 Å². The zero-order valence-electron chi connectivity index (χ0n) is 14.4. The van der Waals surface area contributed by atoms with E-state index in [0.29, 0.717) is 22.6 Å². The second-order valence-electron chi connectivity index (χ2n) is 7.13. The molecule has 4 heteroatoms. The second-order valence-corrected chi connectivity index (χ2v) is 7.57. The Kier molecular flexibility index (Phi) is 4.41. The second kappa shape index (κ2) is 6.73. The van der Waals surface area contributed by atoms with Crippen molar-refractivity contribution in [3.8, 4) is 0 Å². The number of fused-ring (bicyclic) bond motifs is 1. The number of carbonyl (C=O) groups excluding carboxylic acids is 2. The first-order valence-electron chi connectivity index (χ1n) is 8.99. The van der Waals surface area contributed by atoms with Crippen molar-refractivity contribution >= 4 is 23.2 Å². The maximum Gasteiger partial charge on any atom is 0.209 e. The van der Waals surface area contributed by atoms with Gasteiger partial charge in [-0.1, -0.05) is 48.0 Å². The molecule has 2 aromatic carbocycles. The third-order valence-electron chi connectivity index (χ3n) is 5.67. The minimum absolute atomic E-state index is 0.0587. The van der Waals surface area contributed by atoms with Gasteiger partial charge in [-0.25, -0.2) is 0 Å². The van der Waals surface area contributed by atoms with Gasteiger partial charge in [0.1, 0.15) is 0 Å². The van der Waals surface area contributed by atoms with Crippen molar-refractivity contribution in [2.24, 2.45) is 11.7 Å². The molecule has 132 valence electrons. The van der Waals surface area contributed by atoms with Gasteiger partial charge in [-0.15, -0.1) is 0 Å². The Balaban J connectivity index is 1.56. The summed E-state index contributed by atoms with van der Waals surface area (Å²) in [5, 5.41) is 0.741. The fraction of sp³-hybridized carbons (Fsp3) is 0.273. The van der Waals surface area contributed by atoms with Gasteiger partial charge < -0.3 is 5.73 Å². The highest BCUT2D eigenvalue weighted by Gasteiger charge is 2.36. The summed E-state index contributed by atoms with van der Waals surface area (Å²) in [5.41, 5.74) is 8.98. The Bertz CT molecular complexity index is 906. The van der Waals surface area contributed by atoms with E-state index in [0.717, 1.165) is 30.7 Å². The molecule has 3 nitrogen and oxygen atoms in total. The number of nitrogens with two attached hydrogens (primary N) is 1. The van der Waals surface area contributed by atoms with Gasteiger partial charge in [-0.05, 0) is 55.2 Å². The average Bonchev–Trinajstić information content (AvgIpc) is 2.68. The molecule has 0 amide bonds. The van der Waals surface area contributed by atoms with Crippen LogP contribution in [0.4, 0.5) is 0 Å². The molecular formula is C22H20ClNO2. The first kappa shape index (κ1) is 17.0. The van der Waals surface area contributed by atoms with Crippen molar-refractivity contribution in [3.05, 3.63) is 81.5 Å². The van der Waals surface area contributed by atoms with Gasteiger partial charge in [0.15, 0.2) is 5.78 Å². The summed E-state index contributed by atoms with van der Waals surface area (Å²) < 4.78 is 0. The summed E-state index contributed by atoms with van der Waals surface area (Å²) in [6.45, 7) is 0. The molecule has 4 rings (SSSR count). The molecule has 26 heavy (non-hydrogen) atoms. The number of allylic oxidation sites excluding steroid dienone is 2. The van der Waals surface area contributed by atoms with Crippen LogP contribution in [-0.2, 0) is 0 Å². The molecule has 0 heterocycles. The van der Waals surface area contributed by atoms with Gasteiger partial charge in [-0.2, -0.15) is 0 Å². The summed E-state index contributed by atoms with van der Waals surface area (Å²) in [5.74, 6) is 0.234. The zero-order chi connectivity index (χ0) is 18.3.